The molecule has 2 heterocycles. The summed E-state index contributed by atoms with van der Waals surface area (Å²) in [7, 11) is 1.64. The van der Waals surface area contributed by atoms with Crippen LogP contribution in [0.5, 0.6) is 5.75 Å². The number of amides is 1. The number of ether oxygens (including phenoxy) is 1. The minimum Gasteiger partial charge on any atom is -0.497 e. The Morgan fingerprint density at radius 3 is 2.34 bits per heavy atom. The van der Waals surface area contributed by atoms with Gasteiger partial charge in [-0.2, -0.15) is 5.10 Å². The number of halogens is 1. The van der Waals surface area contributed by atoms with Crippen LogP contribution >= 0.6 is 12.4 Å². The van der Waals surface area contributed by atoms with Gasteiger partial charge in [0.05, 0.1) is 18.5 Å². The zero-order valence-corrected chi connectivity index (χ0v) is 17.1. The van der Waals surface area contributed by atoms with Gasteiger partial charge < -0.3 is 15.4 Å². The van der Waals surface area contributed by atoms with Gasteiger partial charge in [0, 0.05) is 24.7 Å². The molecule has 0 aliphatic carbocycles. The van der Waals surface area contributed by atoms with E-state index in [0.717, 1.165) is 35.5 Å². The molecule has 1 aliphatic rings. The smallest absolute Gasteiger partial charge is 0.274 e. The molecule has 0 unspecified atom stereocenters. The second kappa shape index (κ2) is 9.11. The van der Waals surface area contributed by atoms with Crippen LogP contribution in [0.3, 0.4) is 0 Å². The van der Waals surface area contributed by atoms with Crippen molar-refractivity contribution in [2.24, 2.45) is 5.73 Å². The Morgan fingerprint density at radius 2 is 1.72 bits per heavy atom. The SMILES string of the molecule is COc1ccc(-c2cc(C(=O)N3CCC(N)CC3)nn2-c2ccccc2)cc1.Cl. The minimum absolute atomic E-state index is 0. The molecule has 2 aromatic carbocycles. The molecule has 2 N–H and O–H groups in total. The maximum absolute atomic E-state index is 13.0. The third kappa shape index (κ3) is 4.44. The highest BCUT2D eigenvalue weighted by atomic mass is 35.5. The van der Waals surface area contributed by atoms with Crippen molar-refractivity contribution in [1.29, 1.82) is 0 Å². The van der Waals surface area contributed by atoms with Crippen molar-refractivity contribution in [2.45, 2.75) is 18.9 Å². The molecule has 0 atom stereocenters. The van der Waals surface area contributed by atoms with E-state index in [-0.39, 0.29) is 24.4 Å². The number of para-hydroxylation sites is 1. The fourth-order valence-corrected chi connectivity index (χ4v) is 3.48. The predicted molar refractivity (Wildman–Crippen MR) is 116 cm³/mol. The Balaban J connectivity index is 0.00000240. The molecule has 29 heavy (non-hydrogen) atoms. The Kier molecular flexibility index (Phi) is 6.56. The van der Waals surface area contributed by atoms with Gasteiger partial charge in [-0.15, -0.1) is 12.4 Å². The van der Waals surface area contributed by atoms with Crippen molar-refractivity contribution in [3.05, 3.63) is 66.4 Å². The number of carbonyl (C=O) groups excluding carboxylic acids is 1. The van der Waals surface area contributed by atoms with Crippen molar-refractivity contribution >= 4 is 18.3 Å². The van der Waals surface area contributed by atoms with Crippen LogP contribution in [0, 0.1) is 0 Å². The second-order valence-corrected chi connectivity index (χ2v) is 7.02. The first-order chi connectivity index (χ1) is 13.7. The number of hydrogen-bond acceptors (Lipinski definition) is 4. The minimum atomic E-state index is -0.0451. The number of nitrogens with zero attached hydrogens (tertiary/aromatic N) is 3. The van der Waals surface area contributed by atoms with E-state index in [1.165, 1.54) is 0 Å². The molecular weight excluding hydrogens is 388 g/mol. The lowest BCUT2D eigenvalue weighted by Gasteiger charge is -2.29. The van der Waals surface area contributed by atoms with Gasteiger partial charge in [-0.3, -0.25) is 4.79 Å². The van der Waals surface area contributed by atoms with Gasteiger partial charge in [0.25, 0.3) is 5.91 Å². The van der Waals surface area contributed by atoms with Crippen LogP contribution in [0.15, 0.2) is 60.7 Å². The third-order valence-corrected chi connectivity index (χ3v) is 5.14. The highest BCUT2D eigenvalue weighted by Crippen LogP contribution is 2.27. The Morgan fingerprint density at radius 1 is 1.07 bits per heavy atom. The molecule has 6 nitrogen and oxygen atoms in total. The van der Waals surface area contributed by atoms with E-state index in [9.17, 15) is 4.79 Å². The number of rotatable bonds is 4. The summed E-state index contributed by atoms with van der Waals surface area (Å²) >= 11 is 0. The maximum Gasteiger partial charge on any atom is 0.274 e. The normalized spacial score (nSPS) is 14.3. The zero-order valence-electron chi connectivity index (χ0n) is 16.3. The molecule has 0 radical (unpaired) electrons. The van der Waals surface area contributed by atoms with Gasteiger partial charge in [0.2, 0.25) is 0 Å². The summed E-state index contributed by atoms with van der Waals surface area (Å²) in [5.74, 6) is 0.742. The van der Waals surface area contributed by atoms with Gasteiger partial charge in [0.15, 0.2) is 5.69 Å². The maximum atomic E-state index is 13.0. The number of piperidine rings is 1. The van der Waals surface area contributed by atoms with E-state index in [4.69, 9.17) is 10.5 Å². The average molecular weight is 413 g/mol. The van der Waals surface area contributed by atoms with E-state index < -0.39 is 0 Å². The number of aromatic nitrogens is 2. The van der Waals surface area contributed by atoms with E-state index in [1.54, 1.807) is 7.11 Å². The summed E-state index contributed by atoms with van der Waals surface area (Å²) in [6.45, 7) is 1.35. The molecule has 152 valence electrons. The number of hydrogen-bond donors (Lipinski definition) is 1. The van der Waals surface area contributed by atoms with Crippen molar-refractivity contribution < 1.29 is 9.53 Å². The Bertz CT molecular complexity index is 949. The lowest BCUT2D eigenvalue weighted by Crippen LogP contribution is -2.43. The second-order valence-electron chi connectivity index (χ2n) is 7.02. The number of likely N-dealkylation sites (tertiary alicyclic amines) is 1. The van der Waals surface area contributed by atoms with Crippen LogP contribution in [0.25, 0.3) is 16.9 Å². The fraction of sp³-hybridized carbons (Fsp3) is 0.273. The topological polar surface area (TPSA) is 73.4 Å². The lowest BCUT2D eigenvalue weighted by molar-refractivity contribution is 0.0708. The van der Waals surface area contributed by atoms with Crippen LogP contribution in [0.1, 0.15) is 23.3 Å². The van der Waals surface area contributed by atoms with Crippen LogP contribution < -0.4 is 10.5 Å². The van der Waals surface area contributed by atoms with Gasteiger partial charge in [-0.1, -0.05) is 18.2 Å². The number of nitrogens with two attached hydrogens (primary N) is 1. The predicted octanol–water partition coefficient (Wildman–Crippen LogP) is 3.53. The van der Waals surface area contributed by atoms with Crippen LogP contribution in [0.2, 0.25) is 0 Å². The van der Waals surface area contributed by atoms with Crippen molar-refractivity contribution in [3.8, 4) is 22.7 Å². The molecule has 0 bridgehead atoms. The largest absolute Gasteiger partial charge is 0.497 e. The first-order valence-electron chi connectivity index (χ1n) is 9.50. The summed E-state index contributed by atoms with van der Waals surface area (Å²) < 4.78 is 7.08. The van der Waals surface area contributed by atoms with Crippen molar-refractivity contribution in [3.63, 3.8) is 0 Å². The van der Waals surface area contributed by atoms with E-state index in [1.807, 2.05) is 70.2 Å². The summed E-state index contributed by atoms with van der Waals surface area (Å²) in [5.41, 5.74) is 9.17. The van der Waals surface area contributed by atoms with E-state index in [2.05, 4.69) is 5.10 Å². The van der Waals surface area contributed by atoms with Gasteiger partial charge >= 0.3 is 0 Å². The Labute approximate surface area is 176 Å². The third-order valence-electron chi connectivity index (χ3n) is 5.14. The van der Waals surface area contributed by atoms with Gasteiger partial charge in [-0.25, -0.2) is 4.68 Å². The Hall–Kier alpha value is -2.83. The lowest BCUT2D eigenvalue weighted by atomic mass is 10.1. The summed E-state index contributed by atoms with van der Waals surface area (Å²) in [5, 5.41) is 4.66. The quantitative estimate of drug-likeness (QED) is 0.711. The number of methoxy groups -OCH3 is 1. The monoisotopic (exact) mass is 412 g/mol. The molecule has 4 rings (SSSR count). The fourth-order valence-electron chi connectivity index (χ4n) is 3.48. The zero-order chi connectivity index (χ0) is 19.5. The molecule has 7 heteroatoms. The van der Waals surface area contributed by atoms with Crippen LogP contribution in [0.4, 0.5) is 0 Å². The summed E-state index contributed by atoms with van der Waals surface area (Å²) in [4.78, 5) is 14.9. The first-order valence-corrected chi connectivity index (χ1v) is 9.50. The molecule has 3 aromatic rings. The van der Waals surface area contributed by atoms with E-state index >= 15 is 0 Å². The highest BCUT2D eigenvalue weighted by molar-refractivity contribution is 5.93. The molecule has 0 spiro atoms. The summed E-state index contributed by atoms with van der Waals surface area (Å²) in [6.07, 6.45) is 1.66. The standard InChI is InChI=1S/C22H24N4O2.ClH/c1-28-19-9-7-16(8-10-19)21-15-20(22(27)25-13-11-17(23)12-14-25)24-26(21)18-5-3-2-4-6-18;/h2-10,15,17H,11-14,23H2,1H3;1H. The van der Waals surface area contributed by atoms with Crippen molar-refractivity contribution in [2.75, 3.05) is 20.2 Å². The summed E-state index contributed by atoms with van der Waals surface area (Å²) in [6, 6.07) is 19.7. The number of carbonyl (C=O) groups is 1. The molecular formula is C22H25ClN4O2. The molecule has 1 amide bonds. The molecule has 1 aromatic heterocycles. The highest BCUT2D eigenvalue weighted by Gasteiger charge is 2.25. The van der Waals surface area contributed by atoms with Crippen molar-refractivity contribution in [1.82, 2.24) is 14.7 Å². The average Bonchev–Trinajstić information content (AvgIpc) is 3.20. The first kappa shape index (κ1) is 20.9. The van der Waals surface area contributed by atoms with Crippen LogP contribution in [-0.2, 0) is 0 Å². The van der Waals surface area contributed by atoms with Crippen LogP contribution in [-0.4, -0.2) is 46.8 Å². The molecule has 1 fully saturated rings. The number of benzene rings is 2. The van der Waals surface area contributed by atoms with Gasteiger partial charge in [0.1, 0.15) is 5.75 Å². The van der Waals surface area contributed by atoms with E-state index in [0.29, 0.717) is 18.8 Å². The molecule has 0 saturated carbocycles. The molecule has 1 aliphatic heterocycles. The molecule has 1 saturated heterocycles. The van der Waals surface area contributed by atoms with Gasteiger partial charge in [-0.05, 0) is 55.3 Å².